The highest BCUT2D eigenvalue weighted by atomic mass is 16.5. The third-order valence-electron chi connectivity index (χ3n) is 3.09. The average Bonchev–Trinajstić information content (AvgIpc) is 2.58. The van der Waals surface area contributed by atoms with Gasteiger partial charge < -0.3 is 10.1 Å². The second kappa shape index (κ2) is 8.47. The molecule has 0 saturated heterocycles. The average molecular weight is 293 g/mol. The van der Waals surface area contributed by atoms with Crippen LogP contribution >= 0.6 is 0 Å². The fourth-order valence-electron chi connectivity index (χ4n) is 1.98. The van der Waals surface area contributed by atoms with Crippen LogP contribution in [0, 0.1) is 0 Å². The fraction of sp³-hybridized carbons (Fsp3) is 0.105. The molecule has 0 saturated carbocycles. The van der Waals surface area contributed by atoms with E-state index >= 15 is 0 Å². The topological polar surface area (TPSA) is 38.3 Å². The van der Waals surface area contributed by atoms with Crippen molar-refractivity contribution in [1.82, 2.24) is 5.32 Å². The predicted molar refractivity (Wildman–Crippen MR) is 89.3 cm³/mol. The van der Waals surface area contributed by atoms with Gasteiger partial charge in [0, 0.05) is 0 Å². The summed E-state index contributed by atoms with van der Waals surface area (Å²) in [6, 6.07) is 19.2. The van der Waals surface area contributed by atoms with Gasteiger partial charge in [-0.05, 0) is 17.2 Å². The Labute approximate surface area is 130 Å². The van der Waals surface area contributed by atoms with E-state index in [1.54, 1.807) is 12.2 Å². The molecule has 2 aromatic carbocycles. The van der Waals surface area contributed by atoms with Crippen molar-refractivity contribution >= 4 is 12.2 Å². The van der Waals surface area contributed by atoms with Gasteiger partial charge in [-0.25, -0.2) is 4.79 Å². The number of rotatable bonds is 6. The van der Waals surface area contributed by atoms with Crippen LogP contribution in [-0.4, -0.2) is 12.7 Å². The lowest BCUT2D eigenvalue weighted by Gasteiger charge is -2.14. The van der Waals surface area contributed by atoms with Crippen LogP contribution in [0.5, 0.6) is 0 Å². The van der Waals surface area contributed by atoms with Crippen LogP contribution in [0.4, 0.5) is 4.79 Å². The normalized spacial score (nSPS) is 11.8. The van der Waals surface area contributed by atoms with Crippen molar-refractivity contribution in [2.45, 2.75) is 6.04 Å². The zero-order valence-electron chi connectivity index (χ0n) is 12.3. The van der Waals surface area contributed by atoms with Crippen LogP contribution in [0.3, 0.4) is 0 Å². The minimum Gasteiger partial charge on any atom is -0.445 e. The first-order chi connectivity index (χ1) is 10.8. The molecule has 112 valence electrons. The lowest BCUT2D eigenvalue weighted by atomic mass is 10.1. The van der Waals surface area contributed by atoms with E-state index in [2.05, 4.69) is 11.9 Å². The third kappa shape index (κ3) is 4.94. The number of carbonyl (C=O) groups is 1. The van der Waals surface area contributed by atoms with Gasteiger partial charge in [-0.1, -0.05) is 72.8 Å². The summed E-state index contributed by atoms with van der Waals surface area (Å²) in [4.78, 5) is 11.8. The molecule has 0 aliphatic carbocycles. The Kier molecular flexibility index (Phi) is 6.00. The molecule has 0 heterocycles. The van der Waals surface area contributed by atoms with Gasteiger partial charge in [0.25, 0.3) is 0 Å². The van der Waals surface area contributed by atoms with E-state index in [4.69, 9.17) is 4.74 Å². The van der Waals surface area contributed by atoms with E-state index in [0.717, 1.165) is 11.1 Å². The molecule has 0 aliphatic rings. The number of carbonyl (C=O) groups excluding carboxylic acids is 1. The summed E-state index contributed by atoms with van der Waals surface area (Å²) in [6.45, 7) is 3.96. The van der Waals surface area contributed by atoms with Gasteiger partial charge in [-0.3, -0.25) is 0 Å². The monoisotopic (exact) mass is 293 g/mol. The Hall–Kier alpha value is -2.81. The predicted octanol–water partition coefficient (Wildman–Crippen LogP) is 4.35. The van der Waals surface area contributed by atoms with E-state index in [-0.39, 0.29) is 12.6 Å². The fourth-order valence-corrected chi connectivity index (χ4v) is 1.98. The van der Waals surface area contributed by atoms with Crippen molar-refractivity contribution < 1.29 is 9.53 Å². The van der Waals surface area contributed by atoms with E-state index in [9.17, 15) is 4.79 Å². The van der Waals surface area contributed by atoms with E-state index in [0.29, 0.717) is 0 Å². The van der Waals surface area contributed by atoms with Crippen molar-refractivity contribution in [3.8, 4) is 0 Å². The second-order valence-corrected chi connectivity index (χ2v) is 4.68. The molecule has 2 aromatic rings. The van der Waals surface area contributed by atoms with Crippen LogP contribution in [-0.2, 0) is 4.74 Å². The largest absolute Gasteiger partial charge is 0.445 e. The molecule has 3 heteroatoms. The Morgan fingerprint density at radius 2 is 1.73 bits per heavy atom. The summed E-state index contributed by atoms with van der Waals surface area (Å²) in [5, 5.41) is 2.77. The standard InChI is InChI=1S/C19H19NO2/c1-2-18(17-13-7-4-8-14-17)20-19(21)22-15-9-12-16-10-5-3-6-11-16/h2-14,18H,1,15H2,(H,20,21)/b12-9+. The smallest absolute Gasteiger partial charge is 0.408 e. The highest BCUT2D eigenvalue weighted by Crippen LogP contribution is 2.13. The maximum absolute atomic E-state index is 11.8. The first-order valence-electron chi connectivity index (χ1n) is 7.12. The number of hydrogen-bond acceptors (Lipinski definition) is 2. The second-order valence-electron chi connectivity index (χ2n) is 4.68. The summed E-state index contributed by atoms with van der Waals surface area (Å²) in [6.07, 6.45) is 4.93. The van der Waals surface area contributed by atoms with Crippen LogP contribution in [0.25, 0.3) is 6.08 Å². The third-order valence-corrected chi connectivity index (χ3v) is 3.09. The van der Waals surface area contributed by atoms with Gasteiger partial charge >= 0.3 is 6.09 Å². The maximum atomic E-state index is 11.8. The number of hydrogen-bond donors (Lipinski definition) is 1. The number of ether oxygens (including phenoxy) is 1. The minimum absolute atomic E-state index is 0.222. The summed E-state index contributed by atoms with van der Waals surface area (Å²) in [5.74, 6) is 0. The zero-order valence-corrected chi connectivity index (χ0v) is 12.3. The van der Waals surface area contributed by atoms with Gasteiger partial charge in [0.1, 0.15) is 6.61 Å². The molecule has 1 atom stereocenters. The van der Waals surface area contributed by atoms with E-state index in [1.807, 2.05) is 66.7 Å². The summed E-state index contributed by atoms with van der Waals surface area (Å²) < 4.78 is 5.13. The van der Waals surface area contributed by atoms with Crippen LogP contribution in [0.2, 0.25) is 0 Å². The Morgan fingerprint density at radius 3 is 2.36 bits per heavy atom. The lowest BCUT2D eigenvalue weighted by Crippen LogP contribution is -2.27. The van der Waals surface area contributed by atoms with E-state index in [1.165, 1.54) is 0 Å². The molecule has 0 aromatic heterocycles. The molecule has 1 unspecified atom stereocenters. The maximum Gasteiger partial charge on any atom is 0.408 e. The number of alkyl carbamates (subject to hydrolysis) is 1. The zero-order chi connectivity index (χ0) is 15.6. The lowest BCUT2D eigenvalue weighted by molar-refractivity contribution is 0.156. The molecule has 0 spiro atoms. The molecular weight excluding hydrogens is 274 g/mol. The number of amides is 1. The molecule has 0 radical (unpaired) electrons. The summed E-state index contributed by atoms with van der Waals surface area (Å²) >= 11 is 0. The molecule has 22 heavy (non-hydrogen) atoms. The van der Waals surface area contributed by atoms with Gasteiger partial charge in [0.05, 0.1) is 6.04 Å². The van der Waals surface area contributed by atoms with E-state index < -0.39 is 6.09 Å². The molecule has 1 amide bonds. The van der Waals surface area contributed by atoms with Gasteiger partial charge in [-0.2, -0.15) is 0 Å². The van der Waals surface area contributed by atoms with Crippen LogP contribution in [0.1, 0.15) is 17.2 Å². The molecule has 3 nitrogen and oxygen atoms in total. The summed E-state index contributed by atoms with van der Waals surface area (Å²) in [7, 11) is 0. The van der Waals surface area contributed by atoms with Crippen molar-refractivity contribution in [2.75, 3.05) is 6.61 Å². The summed E-state index contributed by atoms with van der Waals surface area (Å²) in [5.41, 5.74) is 2.04. The highest BCUT2D eigenvalue weighted by Gasteiger charge is 2.10. The van der Waals surface area contributed by atoms with Crippen molar-refractivity contribution in [3.63, 3.8) is 0 Å². The highest BCUT2D eigenvalue weighted by molar-refractivity contribution is 5.68. The van der Waals surface area contributed by atoms with Crippen LogP contribution in [0.15, 0.2) is 79.4 Å². The minimum atomic E-state index is -0.466. The van der Waals surface area contributed by atoms with Gasteiger partial charge in [-0.15, -0.1) is 6.58 Å². The van der Waals surface area contributed by atoms with Crippen molar-refractivity contribution in [1.29, 1.82) is 0 Å². The first-order valence-corrected chi connectivity index (χ1v) is 7.12. The van der Waals surface area contributed by atoms with Gasteiger partial charge in [0.2, 0.25) is 0 Å². The quantitative estimate of drug-likeness (QED) is 0.804. The number of benzene rings is 2. The first kappa shape index (κ1) is 15.6. The Bertz CT molecular complexity index is 620. The number of nitrogens with one attached hydrogen (secondary N) is 1. The molecule has 1 N–H and O–H groups in total. The molecule has 0 bridgehead atoms. The van der Waals surface area contributed by atoms with Crippen molar-refractivity contribution in [3.05, 3.63) is 90.5 Å². The SMILES string of the molecule is C=CC(NC(=O)OC/C=C/c1ccccc1)c1ccccc1. The molecular formula is C19H19NO2. The van der Waals surface area contributed by atoms with Gasteiger partial charge in [0.15, 0.2) is 0 Å². The molecule has 2 rings (SSSR count). The van der Waals surface area contributed by atoms with Crippen molar-refractivity contribution in [2.24, 2.45) is 0 Å². The Morgan fingerprint density at radius 1 is 1.09 bits per heavy atom. The molecule has 0 aliphatic heterocycles. The molecule has 0 fully saturated rings. The van der Waals surface area contributed by atoms with Crippen LogP contribution < -0.4 is 5.32 Å². The Balaban J connectivity index is 1.80.